The average Bonchev–Trinajstić information content (AvgIpc) is 3.11. The summed E-state index contributed by atoms with van der Waals surface area (Å²) in [6, 6.07) is 2.62. The molecule has 0 aliphatic rings. The van der Waals surface area contributed by atoms with E-state index in [4.69, 9.17) is 35.2 Å². The molecule has 0 radical (unpaired) electrons. The van der Waals surface area contributed by atoms with E-state index in [0.29, 0.717) is 25.8 Å². The fourth-order valence-electron chi connectivity index (χ4n) is 5.89. The van der Waals surface area contributed by atoms with Crippen molar-refractivity contribution in [3.8, 4) is 0 Å². The van der Waals surface area contributed by atoms with Crippen LogP contribution in [0.15, 0.2) is 51.4 Å². The van der Waals surface area contributed by atoms with E-state index in [1.54, 1.807) is 0 Å². The first-order valence-corrected chi connectivity index (χ1v) is 43.5. The fraction of sp³-hybridized carbons (Fsp3) is 0.683. The number of unbranched alkanes of at least 4 members (excludes halogenated alkanes) is 2. The molecular weight excluding hydrogens is 989 g/mol. The van der Waals surface area contributed by atoms with Crippen LogP contribution in [0.25, 0.3) is 0 Å². The number of rotatable bonds is 31. The molecule has 19 nitrogen and oxygen atoms in total. The second kappa shape index (κ2) is 34.2. The van der Waals surface area contributed by atoms with E-state index in [2.05, 4.69) is 154 Å². The summed E-state index contributed by atoms with van der Waals surface area (Å²) in [7, 11) is -14.5. The van der Waals surface area contributed by atoms with Crippen LogP contribution in [0.5, 0.6) is 0 Å². The van der Waals surface area contributed by atoms with Gasteiger partial charge in [-0.2, -0.15) is 0 Å². The third-order valence-electron chi connectivity index (χ3n) is 7.49. The van der Waals surface area contributed by atoms with E-state index in [-0.39, 0.29) is 13.0 Å². The Balaban J connectivity index is -0.00000101. The molecule has 26 heteroatoms. The van der Waals surface area contributed by atoms with Crippen LogP contribution >= 0.6 is 0 Å². The Hall–Kier alpha value is -3.17. The van der Waals surface area contributed by atoms with E-state index >= 15 is 0 Å². The summed E-state index contributed by atoms with van der Waals surface area (Å²) in [6.45, 7) is 46.8. The van der Waals surface area contributed by atoms with Crippen LogP contribution in [0.3, 0.4) is 0 Å². The quantitative estimate of drug-likeness (QED) is 0.0193. The van der Waals surface area contributed by atoms with Crippen LogP contribution in [0.4, 0.5) is 19.2 Å². The third kappa shape index (κ3) is 46.3. The summed E-state index contributed by atoms with van der Waals surface area (Å²) in [6.07, 6.45) is 5.52. The summed E-state index contributed by atoms with van der Waals surface area (Å²) in [5.41, 5.74) is 0. The molecule has 0 aromatic heterocycles. The normalized spacial score (nSPS) is 12.0. The molecule has 390 valence electrons. The first-order chi connectivity index (χ1) is 30.6. The van der Waals surface area contributed by atoms with Crippen molar-refractivity contribution in [1.29, 1.82) is 0 Å². The molecule has 0 saturated carbocycles. The number of aliphatic carboxylic acids is 1. The first kappa shape index (κ1) is 68.1. The lowest BCUT2D eigenvalue weighted by Gasteiger charge is -2.42. The van der Waals surface area contributed by atoms with Gasteiger partial charge in [-0.1, -0.05) is 39.2 Å². The monoisotopic (exact) mass is 1070 g/mol. The van der Waals surface area contributed by atoms with Gasteiger partial charge in [-0.25, -0.2) is 19.2 Å². The van der Waals surface area contributed by atoms with Crippen LogP contribution in [-0.4, -0.2) is 121 Å². The van der Waals surface area contributed by atoms with Crippen molar-refractivity contribution in [3.63, 3.8) is 0 Å². The fourth-order valence-corrected chi connectivity index (χ4v) is 34.8. The van der Waals surface area contributed by atoms with Gasteiger partial charge in [0.1, 0.15) is 0 Å². The number of carboxylic acid groups (broad SMARTS) is 1. The average molecular weight is 1080 g/mol. The molecule has 67 heavy (non-hydrogen) atoms. The van der Waals surface area contributed by atoms with Crippen molar-refractivity contribution in [2.24, 2.45) is 0 Å². The Kier molecular flexibility index (Phi) is 34.7. The molecule has 0 spiro atoms. The standard InChI is InChI=1S/C20H40O8Si3.C15H37NO5Si4.C6H9NO4/c1-9-23-19(21)25-15-11-13-17-29(3,4)27-31(7,8)28-30(5,6)18-14-12-16-26-20(22)24-10-2;1-11-18-15(17)16-13-12-14-25(19-22(2,3)4,20-23(5,6)7)21-24(8,9)10;1-2-11-6(10)7-4-3-5(8)9/h9-10H,1-2,11-18H2,3-8H3;11H,1,12-14H2,2-10H3,(H,16,17);2H,1,3-4H2,(H,7,10)(H,8,9). The third-order valence-corrected chi connectivity index (χ3v) is 31.0. The number of carbonyl (C=O) groups excluding carboxylic acids is 4. The number of hydrogen-bond donors (Lipinski definition) is 3. The van der Waals surface area contributed by atoms with Crippen molar-refractivity contribution in [1.82, 2.24) is 10.6 Å². The van der Waals surface area contributed by atoms with Crippen molar-refractivity contribution < 1.29 is 78.1 Å². The molecule has 0 unspecified atom stereocenters. The van der Waals surface area contributed by atoms with Crippen molar-refractivity contribution >= 4 is 89.4 Å². The molecule has 0 atom stereocenters. The largest absolute Gasteiger partial charge is 0.513 e. The molecular formula is C41H86N2O17Si7. The van der Waals surface area contributed by atoms with Crippen LogP contribution in [0, 0.1) is 0 Å². The highest BCUT2D eigenvalue weighted by Crippen LogP contribution is 2.30. The van der Waals surface area contributed by atoms with Crippen LogP contribution in [0.1, 0.15) is 38.5 Å². The number of nitrogens with one attached hydrogen (secondary N) is 2. The first-order valence-electron chi connectivity index (χ1n) is 22.3. The Bertz CT molecular complexity index is 1430. The van der Waals surface area contributed by atoms with Crippen LogP contribution < -0.4 is 10.6 Å². The number of alkyl carbamates (subject to hydrolysis) is 2. The molecule has 0 aliphatic carbocycles. The smallest absolute Gasteiger partial charge is 0.481 e. The lowest BCUT2D eigenvalue weighted by molar-refractivity contribution is -0.136. The number of carboxylic acids is 1. The van der Waals surface area contributed by atoms with Gasteiger partial charge in [-0.15, -0.1) is 0 Å². The molecule has 0 bridgehead atoms. The molecule has 0 aromatic carbocycles. The predicted octanol–water partition coefficient (Wildman–Crippen LogP) is 11.4. The lowest BCUT2D eigenvalue weighted by atomic mass is 10.4. The Morgan fingerprint density at radius 1 is 0.463 bits per heavy atom. The molecule has 3 N–H and O–H groups in total. The molecule has 0 saturated heterocycles. The van der Waals surface area contributed by atoms with Crippen molar-refractivity contribution in [3.05, 3.63) is 51.4 Å². The molecule has 0 aromatic rings. The van der Waals surface area contributed by atoms with E-state index in [1.165, 1.54) is 0 Å². The van der Waals surface area contributed by atoms with Gasteiger partial charge in [0.2, 0.25) is 0 Å². The highest BCUT2D eigenvalue weighted by molar-refractivity contribution is 6.90. The maximum atomic E-state index is 11.4. The predicted molar refractivity (Wildman–Crippen MR) is 278 cm³/mol. The molecule has 0 aliphatic heterocycles. The number of carbonyl (C=O) groups is 5. The molecule has 2 amide bonds. The minimum absolute atomic E-state index is 0.0575. The zero-order valence-electron chi connectivity index (χ0n) is 43.3. The van der Waals surface area contributed by atoms with Gasteiger partial charge < -0.3 is 64.7 Å². The van der Waals surface area contributed by atoms with E-state index in [1.807, 2.05) is 0 Å². The van der Waals surface area contributed by atoms with Crippen molar-refractivity contribution in [2.45, 2.75) is 155 Å². The summed E-state index contributed by atoms with van der Waals surface area (Å²) in [4.78, 5) is 54.0. The molecule has 0 fully saturated rings. The zero-order valence-corrected chi connectivity index (χ0v) is 50.3. The summed E-state index contributed by atoms with van der Waals surface area (Å²) >= 11 is 0. The molecule has 0 heterocycles. The van der Waals surface area contributed by atoms with E-state index in [9.17, 15) is 24.0 Å². The topological polar surface area (TPSA) is 231 Å². The second-order valence-corrected chi connectivity index (χ2v) is 48.8. The van der Waals surface area contributed by atoms with Gasteiger partial charge in [0.25, 0.3) is 0 Å². The zero-order chi connectivity index (χ0) is 52.6. The van der Waals surface area contributed by atoms with Gasteiger partial charge in [-0.3, -0.25) is 4.79 Å². The van der Waals surface area contributed by atoms with Gasteiger partial charge in [0.15, 0.2) is 41.6 Å². The van der Waals surface area contributed by atoms with Gasteiger partial charge in [0, 0.05) is 19.1 Å². The minimum atomic E-state index is -2.82. The highest BCUT2D eigenvalue weighted by Gasteiger charge is 2.49. The van der Waals surface area contributed by atoms with Crippen LogP contribution in [0.2, 0.25) is 116 Å². The van der Waals surface area contributed by atoms with E-state index < -0.39 is 89.4 Å². The molecule has 0 rings (SSSR count). The Labute approximate surface area is 408 Å². The Morgan fingerprint density at radius 2 is 0.806 bits per heavy atom. The maximum absolute atomic E-state index is 11.4. The Morgan fingerprint density at radius 3 is 1.12 bits per heavy atom. The summed E-state index contributed by atoms with van der Waals surface area (Å²) < 4.78 is 60.7. The summed E-state index contributed by atoms with van der Waals surface area (Å²) in [5, 5.41) is 13.0. The number of ether oxygens (including phenoxy) is 6. The van der Waals surface area contributed by atoms with E-state index in [0.717, 1.165) is 69.2 Å². The highest BCUT2D eigenvalue weighted by atomic mass is 28.5. The number of hydrogen-bond acceptors (Lipinski definition) is 16. The van der Waals surface area contributed by atoms with Crippen molar-refractivity contribution in [2.75, 3.05) is 26.3 Å². The summed E-state index contributed by atoms with van der Waals surface area (Å²) in [5.74, 6) is -0.969. The van der Waals surface area contributed by atoms with Gasteiger partial charge >= 0.3 is 47.8 Å². The lowest BCUT2D eigenvalue weighted by Crippen LogP contribution is -2.60. The number of amides is 2. The second-order valence-electron chi connectivity index (χ2n) is 19.4. The van der Waals surface area contributed by atoms with Gasteiger partial charge in [-0.05, 0) is 130 Å². The maximum Gasteiger partial charge on any atom is 0.513 e. The van der Waals surface area contributed by atoms with Gasteiger partial charge in [0.05, 0.1) is 44.7 Å². The van der Waals surface area contributed by atoms with Crippen LogP contribution in [-0.2, 0) is 53.8 Å². The SMILES string of the molecule is C=COC(=O)NCCC(=O)O.C=COC(=O)NCCC[Si](O[Si](C)(C)C)(O[Si](C)(C)C)O[Si](C)(C)C.C=COC(=O)OCCCC[Si](C)(C)O[Si](C)(C)O[Si](C)(C)CCCCOC(=O)OC=C. The minimum Gasteiger partial charge on any atom is -0.481 e.